The molecule has 1 fully saturated rings. The van der Waals surface area contributed by atoms with Crippen LogP contribution in [0.1, 0.15) is 34.2 Å². The average molecular weight is 293 g/mol. The molecule has 0 aliphatic carbocycles. The summed E-state index contributed by atoms with van der Waals surface area (Å²) in [7, 11) is 0. The molecular weight excluding hydrogens is 270 g/mol. The molecule has 2 heterocycles. The van der Waals surface area contributed by atoms with Gasteiger partial charge < -0.3 is 11.1 Å². The number of hydrogen-bond donors (Lipinski definition) is 2. The molecule has 2 aromatic rings. The average Bonchev–Trinajstić information content (AvgIpc) is 2.61. The molecule has 0 spiro atoms. The topological polar surface area (TPSA) is 41.3 Å². The van der Waals surface area contributed by atoms with E-state index in [-0.39, 0.29) is 0 Å². The number of benzene rings is 2. The third kappa shape index (κ3) is 2.26. The minimum atomic E-state index is 0.435. The molecule has 3 heteroatoms. The molecule has 3 nitrogen and oxygen atoms in total. The van der Waals surface area contributed by atoms with Gasteiger partial charge in [0.05, 0.1) is 0 Å². The summed E-state index contributed by atoms with van der Waals surface area (Å²) >= 11 is 0. The van der Waals surface area contributed by atoms with Gasteiger partial charge in [-0.25, -0.2) is 0 Å². The van der Waals surface area contributed by atoms with Crippen LogP contribution in [0.2, 0.25) is 0 Å². The Kier molecular flexibility index (Phi) is 3.70. The van der Waals surface area contributed by atoms with Gasteiger partial charge in [0.25, 0.3) is 0 Å². The van der Waals surface area contributed by atoms with Gasteiger partial charge in [0.2, 0.25) is 0 Å². The summed E-state index contributed by atoms with van der Waals surface area (Å²) in [6, 6.07) is 18.0. The van der Waals surface area contributed by atoms with Crippen LogP contribution >= 0.6 is 0 Å². The normalized spacial score (nSPS) is 24.6. The van der Waals surface area contributed by atoms with E-state index in [0.717, 1.165) is 26.2 Å². The van der Waals surface area contributed by atoms with Crippen LogP contribution in [0.4, 0.5) is 0 Å². The van der Waals surface area contributed by atoms with Gasteiger partial charge in [-0.05, 0) is 22.3 Å². The number of nitrogens with zero attached hydrogens (tertiary/aromatic N) is 1. The van der Waals surface area contributed by atoms with Gasteiger partial charge >= 0.3 is 0 Å². The third-order valence-corrected chi connectivity index (χ3v) is 5.13. The van der Waals surface area contributed by atoms with Crippen molar-refractivity contribution in [3.8, 4) is 0 Å². The Balaban J connectivity index is 1.86. The Morgan fingerprint density at radius 1 is 1.09 bits per heavy atom. The number of piperazine rings is 1. The largest absolute Gasteiger partial charge is 0.326 e. The highest BCUT2D eigenvalue weighted by atomic mass is 15.2. The van der Waals surface area contributed by atoms with Gasteiger partial charge in [0, 0.05) is 44.7 Å². The zero-order valence-electron chi connectivity index (χ0n) is 12.8. The second-order valence-electron chi connectivity index (χ2n) is 6.30. The molecule has 0 saturated carbocycles. The first-order valence-corrected chi connectivity index (χ1v) is 8.20. The van der Waals surface area contributed by atoms with E-state index in [1.807, 2.05) is 0 Å². The van der Waals surface area contributed by atoms with Crippen molar-refractivity contribution in [3.63, 3.8) is 0 Å². The first-order valence-electron chi connectivity index (χ1n) is 8.20. The van der Waals surface area contributed by atoms with Gasteiger partial charge in [0.15, 0.2) is 0 Å². The second-order valence-corrected chi connectivity index (χ2v) is 6.30. The second kappa shape index (κ2) is 5.84. The molecule has 0 radical (unpaired) electrons. The zero-order chi connectivity index (χ0) is 14.9. The maximum absolute atomic E-state index is 6.05. The number of fused-ring (bicyclic) bond motifs is 3. The maximum Gasteiger partial charge on any atom is 0.0476 e. The van der Waals surface area contributed by atoms with Crippen LogP contribution < -0.4 is 11.1 Å². The molecule has 0 amide bonds. The summed E-state index contributed by atoms with van der Waals surface area (Å²) in [6.07, 6.45) is 0. The van der Waals surface area contributed by atoms with E-state index < -0.39 is 0 Å². The first kappa shape index (κ1) is 13.9. The van der Waals surface area contributed by atoms with Crippen molar-refractivity contribution in [1.29, 1.82) is 0 Å². The molecule has 4 rings (SSSR count). The Labute approximate surface area is 132 Å². The lowest BCUT2D eigenvalue weighted by Crippen LogP contribution is -2.50. The minimum Gasteiger partial charge on any atom is -0.326 e. The predicted molar refractivity (Wildman–Crippen MR) is 89.8 cm³/mol. The molecule has 114 valence electrons. The van der Waals surface area contributed by atoms with Gasteiger partial charge in [-0.15, -0.1) is 0 Å². The number of hydrogen-bond acceptors (Lipinski definition) is 3. The number of nitrogens with two attached hydrogens (primary N) is 1. The fourth-order valence-corrected chi connectivity index (χ4v) is 4.08. The molecule has 2 aromatic carbocycles. The van der Waals surface area contributed by atoms with Crippen molar-refractivity contribution in [2.75, 3.05) is 26.2 Å². The fraction of sp³-hybridized carbons (Fsp3) is 0.368. The van der Waals surface area contributed by atoms with Crippen LogP contribution in [0.15, 0.2) is 48.5 Å². The lowest BCUT2D eigenvalue weighted by molar-refractivity contribution is 0.143. The van der Waals surface area contributed by atoms with Crippen LogP contribution in [-0.4, -0.2) is 31.1 Å². The van der Waals surface area contributed by atoms with E-state index >= 15 is 0 Å². The van der Waals surface area contributed by atoms with Crippen LogP contribution in [0.3, 0.4) is 0 Å². The van der Waals surface area contributed by atoms with Crippen LogP contribution in [0, 0.1) is 0 Å². The Bertz CT molecular complexity index is 653. The van der Waals surface area contributed by atoms with E-state index in [0.29, 0.717) is 18.5 Å². The lowest BCUT2D eigenvalue weighted by atomic mass is 9.78. The molecule has 0 aromatic heterocycles. The smallest absolute Gasteiger partial charge is 0.0476 e. The molecule has 1 saturated heterocycles. The van der Waals surface area contributed by atoms with Crippen molar-refractivity contribution >= 4 is 0 Å². The molecule has 0 bridgehead atoms. The molecule has 3 N–H and O–H groups in total. The molecule has 2 atom stereocenters. The highest BCUT2D eigenvalue weighted by molar-refractivity contribution is 5.47. The van der Waals surface area contributed by atoms with Crippen LogP contribution in [0.25, 0.3) is 0 Å². The van der Waals surface area contributed by atoms with Crippen molar-refractivity contribution in [2.45, 2.75) is 18.5 Å². The van der Waals surface area contributed by atoms with E-state index in [4.69, 9.17) is 5.73 Å². The summed E-state index contributed by atoms with van der Waals surface area (Å²) in [4.78, 5) is 2.64. The van der Waals surface area contributed by atoms with E-state index in [2.05, 4.69) is 58.7 Å². The molecule has 2 aliphatic heterocycles. The zero-order valence-corrected chi connectivity index (χ0v) is 12.8. The van der Waals surface area contributed by atoms with Crippen molar-refractivity contribution in [3.05, 3.63) is 70.8 Å². The molecule has 2 aliphatic rings. The van der Waals surface area contributed by atoms with Crippen LogP contribution in [0.5, 0.6) is 0 Å². The fourth-order valence-electron chi connectivity index (χ4n) is 4.08. The van der Waals surface area contributed by atoms with Gasteiger partial charge in [0.1, 0.15) is 0 Å². The Morgan fingerprint density at radius 3 is 2.77 bits per heavy atom. The third-order valence-electron chi connectivity index (χ3n) is 5.13. The molecule has 22 heavy (non-hydrogen) atoms. The summed E-state index contributed by atoms with van der Waals surface area (Å²) in [5.74, 6) is 0.435. The van der Waals surface area contributed by atoms with E-state index in [1.165, 1.54) is 22.3 Å². The summed E-state index contributed by atoms with van der Waals surface area (Å²) in [5.41, 5.74) is 11.7. The summed E-state index contributed by atoms with van der Waals surface area (Å²) in [6.45, 7) is 4.97. The SMILES string of the molecule is NCc1cccc2c1[C@H](c1ccccc1)CN1CCNC[C@@H]21. The number of rotatable bonds is 2. The first-order chi connectivity index (χ1) is 10.9. The maximum atomic E-state index is 6.05. The standard InChI is InChI=1S/C19H23N3/c20-11-15-7-4-8-16-18-12-21-9-10-22(18)13-17(19(15)16)14-5-2-1-3-6-14/h1-8,17-18,21H,9-13,20H2/t17-,18-/m0/s1. The lowest BCUT2D eigenvalue weighted by Gasteiger charge is -2.45. The summed E-state index contributed by atoms with van der Waals surface area (Å²) in [5, 5.41) is 3.54. The quantitative estimate of drug-likeness (QED) is 0.892. The molecular formula is C19H23N3. The van der Waals surface area contributed by atoms with Gasteiger partial charge in [-0.3, -0.25) is 4.90 Å². The number of nitrogens with one attached hydrogen (secondary N) is 1. The van der Waals surface area contributed by atoms with Crippen molar-refractivity contribution < 1.29 is 0 Å². The van der Waals surface area contributed by atoms with Gasteiger partial charge in [-0.2, -0.15) is 0 Å². The van der Waals surface area contributed by atoms with Crippen LogP contribution in [-0.2, 0) is 6.54 Å². The minimum absolute atomic E-state index is 0.435. The Morgan fingerprint density at radius 2 is 1.95 bits per heavy atom. The summed E-state index contributed by atoms with van der Waals surface area (Å²) < 4.78 is 0. The van der Waals surface area contributed by atoms with Crippen molar-refractivity contribution in [2.24, 2.45) is 5.73 Å². The monoisotopic (exact) mass is 293 g/mol. The van der Waals surface area contributed by atoms with E-state index in [9.17, 15) is 0 Å². The highest BCUT2D eigenvalue weighted by Gasteiger charge is 2.35. The Hall–Kier alpha value is -1.68. The highest BCUT2D eigenvalue weighted by Crippen LogP contribution is 2.41. The van der Waals surface area contributed by atoms with Crippen molar-refractivity contribution in [1.82, 2.24) is 10.2 Å². The predicted octanol–water partition coefficient (Wildman–Crippen LogP) is 2.24. The van der Waals surface area contributed by atoms with E-state index in [1.54, 1.807) is 0 Å². The molecule has 0 unspecified atom stereocenters. The van der Waals surface area contributed by atoms with Gasteiger partial charge in [-0.1, -0.05) is 48.5 Å².